The highest BCUT2D eigenvalue weighted by atomic mass is 35.5. The number of hydrogen-bond donors (Lipinski definition) is 0. The number of aromatic nitrogens is 3. The second kappa shape index (κ2) is 5.14. The zero-order chi connectivity index (χ0) is 15.1. The molecule has 1 aliphatic rings. The van der Waals surface area contributed by atoms with Crippen molar-refractivity contribution in [1.82, 2.24) is 14.5 Å². The average Bonchev–Trinajstić information content (AvgIpc) is 3.12. The fourth-order valence-electron chi connectivity index (χ4n) is 2.83. The van der Waals surface area contributed by atoms with Crippen LogP contribution >= 0.6 is 11.6 Å². The van der Waals surface area contributed by atoms with Crippen LogP contribution in [0.1, 0.15) is 12.5 Å². The summed E-state index contributed by atoms with van der Waals surface area (Å²) in [5.74, 6) is 1.78. The number of imidazole rings is 1. The molecule has 0 N–H and O–H groups in total. The minimum Gasteiger partial charge on any atom is -0.490 e. The van der Waals surface area contributed by atoms with Gasteiger partial charge in [0.15, 0.2) is 0 Å². The average molecular weight is 312 g/mol. The van der Waals surface area contributed by atoms with Crippen LogP contribution in [0.5, 0.6) is 5.75 Å². The molecule has 0 aliphatic carbocycles. The van der Waals surface area contributed by atoms with Crippen LogP contribution in [0.3, 0.4) is 0 Å². The summed E-state index contributed by atoms with van der Waals surface area (Å²) in [6.45, 7) is 2.08. The number of fused-ring (bicyclic) bond motifs is 1. The lowest BCUT2D eigenvalue weighted by molar-refractivity contribution is 0.254. The molecule has 0 saturated carbocycles. The minimum atomic E-state index is 0.238. The van der Waals surface area contributed by atoms with Crippen molar-refractivity contribution in [2.75, 3.05) is 0 Å². The van der Waals surface area contributed by atoms with Gasteiger partial charge in [0.2, 0.25) is 0 Å². The number of pyridine rings is 1. The van der Waals surface area contributed by atoms with Crippen LogP contribution in [0.2, 0.25) is 5.02 Å². The Balaban J connectivity index is 1.81. The Morgan fingerprint density at radius 1 is 1.27 bits per heavy atom. The zero-order valence-electron chi connectivity index (χ0n) is 12.0. The largest absolute Gasteiger partial charge is 0.490 e. The number of halogens is 1. The van der Waals surface area contributed by atoms with Crippen molar-refractivity contribution >= 4 is 11.6 Å². The Kier molecular flexibility index (Phi) is 3.12. The first kappa shape index (κ1) is 13.3. The molecule has 110 valence electrons. The van der Waals surface area contributed by atoms with Crippen LogP contribution in [-0.4, -0.2) is 20.6 Å². The van der Waals surface area contributed by atoms with E-state index >= 15 is 0 Å². The van der Waals surface area contributed by atoms with E-state index in [0.717, 1.165) is 29.2 Å². The molecule has 1 atom stereocenters. The van der Waals surface area contributed by atoms with Crippen LogP contribution in [0.4, 0.5) is 0 Å². The van der Waals surface area contributed by atoms with E-state index in [-0.39, 0.29) is 6.10 Å². The maximum absolute atomic E-state index is 6.25. The summed E-state index contributed by atoms with van der Waals surface area (Å²) < 4.78 is 7.79. The van der Waals surface area contributed by atoms with Gasteiger partial charge in [0.1, 0.15) is 17.7 Å². The first-order valence-electron chi connectivity index (χ1n) is 7.15. The van der Waals surface area contributed by atoms with Crippen LogP contribution in [0, 0.1) is 0 Å². The van der Waals surface area contributed by atoms with E-state index in [2.05, 4.69) is 23.0 Å². The van der Waals surface area contributed by atoms with Crippen molar-refractivity contribution in [2.24, 2.45) is 0 Å². The molecule has 2 aromatic heterocycles. The van der Waals surface area contributed by atoms with E-state index in [1.54, 1.807) is 18.6 Å². The molecule has 0 radical (unpaired) electrons. The molecule has 3 heterocycles. The zero-order valence-corrected chi connectivity index (χ0v) is 12.8. The predicted molar refractivity (Wildman–Crippen MR) is 85.6 cm³/mol. The molecule has 1 unspecified atom stereocenters. The Hall–Kier alpha value is -2.33. The number of nitrogens with zero attached hydrogens (tertiary/aromatic N) is 3. The lowest BCUT2D eigenvalue weighted by Gasteiger charge is -2.10. The van der Waals surface area contributed by atoms with E-state index in [0.29, 0.717) is 5.02 Å². The summed E-state index contributed by atoms with van der Waals surface area (Å²) in [6.07, 6.45) is 8.24. The molecule has 1 aromatic carbocycles. The Bertz CT molecular complexity index is 843. The third kappa shape index (κ3) is 2.16. The van der Waals surface area contributed by atoms with Crippen molar-refractivity contribution in [1.29, 1.82) is 0 Å². The van der Waals surface area contributed by atoms with Crippen LogP contribution in [-0.2, 0) is 6.42 Å². The molecular formula is C17H14ClN3O. The van der Waals surface area contributed by atoms with Gasteiger partial charge in [-0.25, -0.2) is 4.98 Å². The summed E-state index contributed by atoms with van der Waals surface area (Å²) in [4.78, 5) is 8.48. The van der Waals surface area contributed by atoms with Gasteiger partial charge in [-0.2, -0.15) is 0 Å². The Labute approximate surface area is 133 Å². The number of benzene rings is 1. The molecule has 0 amide bonds. The molecular weight excluding hydrogens is 298 g/mol. The maximum Gasteiger partial charge on any atom is 0.146 e. The minimum absolute atomic E-state index is 0.238. The highest BCUT2D eigenvalue weighted by molar-refractivity contribution is 6.33. The van der Waals surface area contributed by atoms with Crippen LogP contribution < -0.4 is 4.74 Å². The van der Waals surface area contributed by atoms with Gasteiger partial charge in [-0.3, -0.25) is 9.55 Å². The second-order valence-corrected chi connectivity index (χ2v) is 5.81. The molecule has 5 heteroatoms. The number of hydrogen-bond acceptors (Lipinski definition) is 3. The van der Waals surface area contributed by atoms with E-state index in [4.69, 9.17) is 16.3 Å². The standard InChI is InChI=1S/C17H14ClN3O/c1-11-8-12-9-13(2-3-16(12)22-11)21-7-6-20-17(21)14-4-5-19-10-15(14)18/h2-7,9-11H,8H2,1H3. The monoisotopic (exact) mass is 311 g/mol. The highest BCUT2D eigenvalue weighted by Crippen LogP contribution is 2.32. The van der Waals surface area contributed by atoms with Crippen molar-refractivity contribution in [3.8, 4) is 22.8 Å². The van der Waals surface area contributed by atoms with Crippen LogP contribution in [0.15, 0.2) is 49.1 Å². The third-order valence-corrected chi connectivity index (χ3v) is 4.11. The first-order valence-corrected chi connectivity index (χ1v) is 7.53. The van der Waals surface area contributed by atoms with Crippen molar-refractivity contribution < 1.29 is 4.74 Å². The molecule has 0 bridgehead atoms. The predicted octanol–water partition coefficient (Wildman–Crippen LogP) is 3.91. The van der Waals surface area contributed by atoms with Gasteiger partial charge in [-0.15, -0.1) is 0 Å². The lowest BCUT2D eigenvalue weighted by atomic mass is 10.1. The smallest absolute Gasteiger partial charge is 0.146 e. The fraction of sp³-hybridized carbons (Fsp3) is 0.176. The molecule has 0 fully saturated rings. The Morgan fingerprint density at radius 2 is 2.18 bits per heavy atom. The summed E-state index contributed by atoms with van der Waals surface area (Å²) in [6, 6.07) is 8.09. The van der Waals surface area contributed by atoms with Gasteiger partial charge >= 0.3 is 0 Å². The van der Waals surface area contributed by atoms with Crippen molar-refractivity contribution in [3.05, 3.63) is 59.6 Å². The summed E-state index contributed by atoms with van der Waals surface area (Å²) >= 11 is 6.25. The van der Waals surface area contributed by atoms with Crippen molar-refractivity contribution in [3.63, 3.8) is 0 Å². The Morgan fingerprint density at radius 3 is 3.05 bits per heavy atom. The van der Waals surface area contributed by atoms with Gasteiger partial charge < -0.3 is 4.74 Å². The van der Waals surface area contributed by atoms with E-state index in [1.807, 2.05) is 29.0 Å². The maximum atomic E-state index is 6.25. The van der Waals surface area contributed by atoms with E-state index in [9.17, 15) is 0 Å². The van der Waals surface area contributed by atoms with E-state index < -0.39 is 0 Å². The van der Waals surface area contributed by atoms with E-state index in [1.165, 1.54) is 5.56 Å². The molecule has 22 heavy (non-hydrogen) atoms. The van der Waals surface area contributed by atoms with Gasteiger partial charge in [-0.05, 0) is 36.8 Å². The van der Waals surface area contributed by atoms with Gasteiger partial charge in [-0.1, -0.05) is 11.6 Å². The molecule has 0 saturated heterocycles. The highest BCUT2D eigenvalue weighted by Gasteiger charge is 2.20. The molecule has 0 spiro atoms. The van der Waals surface area contributed by atoms with Gasteiger partial charge in [0.05, 0.1) is 5.02 Å². The van der Waals surface area contributed by atoms with Crippen LogP contribution in [0.25, 0.3) is 17.1 Å². The summed E-state index contributed by atoms with van der Waals surface area (Å²) in [5.41, 5.74) is 3.15. The summed E-state index contributed by atoms with van der Waals surface area (Å²) in [5, 5.41) is 0.591. The number of rotatable bonds is 2. The van der Waals surface area contributed by atoms with Crippen molar-refractivity contribution in [2.45, 2.75) is 19.4 Å². The number of ether oxygens (including phenoxy) is 1. The second-order valence-electron chi connectivity index (χ2n) is 5.40. The topological polar surface area (TPSA) is 39.9 Å². The molecule has 3 aromatic rings. The fourth-order valence-corrected chi connectivity index (χ4v) is 3.03. The lowest BCUT2D eigenvalue weighted by Crippen LogP contribution is -2.05. The normalized spacial score (nSPS) is 16.4. The molecule has 4 rings (SSSR count). The SMILES string of the molecule is CC1Cc2cc(-n3ccnc3-c3ccncc3Cl)ccc2O1. The quantitative estimate of drug-likeness (QED) is 0.720. The third-order valence-electron chi connectivity index (χ3n) is 3.81. The molecule has 4 nitrogen and oxygen atoms in total. The summed E-state index contributed by atoms with van der Waals surface area (Å²) in [7, 11) is 0. The first-order chi connectivity index (χ1) is 10.7. The van der Waals surface area contributed by atoms with Gasteiger partial charge in [0, 0.05) is 42.5 Å². The molecule has 1 aliphatic heterocycles. The van der Waals surface area contributed by atoms with Gasteiger partial charge in [0.25, 0.3) is 0 Å².